The molecule has 1 aliphatic carbocycles. The van der Waals surface area contributed by atoms with Crippen LogP contribution in [0.15, 0.2) is 18.2 Å². The van der Waals surface area contributed by atoms with Crippen LogP contribution in [0.1, 0.15) is 30.1 Å². The minimum atomic E-state index is 0.421. The summed E-state index contributed by atoms with van der Waals surface area (Å²) >= 11 is 6.16. The van der Waals surface area contributed by atoms with Gasteiger partial charge < -0.3 is 4.74 Å². The van der Waals surface area contributed by atoms with Crippen molar-refractivity contribution in [3.05, 3.63) is 34.9 Å². The molecule has 3 rings (SSSR count). The second-order valence-electron chi connectivity index (χ2n) is 4.59. The highest BCUT2D eigenvalue weighted by Crippen LogP contribution is 2.41. The fraction of sp³-hybridized carbons (Fsp3) is 0.385. The average molecular weight is 264 g/mol. The SMILES string of the molecule is COc1ccc(-n2c(Cl)nnc2C2CC2)c(C)c1. The van der Waals surface area contributed by atoms with Crippen LogP contribution in [-0.2, 0) is 0 Å². The van der Waals surface area contributed by atoms with Crippen LogP contribution in [0.25, 0.3) is 5.69 Å². The topological polar surface area (TPSA) is 39.9 Å². The Labute approximate surface area is 111 Å². The van der Waals surface area contributed by atoms with Crippen molar-refractivity contribution < 1.29 is 4.74 Å². The van der Waals surface area contributed by atoms with Crippen molar-refractivity contribution >= 4 is 11.6 Å². The van der Waals surface area contributed by atoms with Gasteiger partial charge in [0.2, 0.25) is 5.28 Å². The largest absolute Gasteiger partial charge is 0.497 e. The maximum absolute atomic E-state index is 6.16. The van der Waals surface area contributed by atoms with Crippen LogP contribution in [0.2, 0.25) is 5.28 Å². The summed E-state index contributed by atoms with van der Waals surface area (Å²) in [6, 6.07) is 5.91. The average Bonchev–Trinajstić information content (AvgIpc) is 3.14. The Morgan fingerprint density at radius 1 is 1.33 bits per heavy atom. The lowest BCUT2D eigenvalue weighted by molar-refractivity contribution is 0.414. The fourth-order valence-electron chi connectivity index (χ4n) is 2.11. The van der Waals surface area contributed by atoms with Gasteiger partial charge in [-0.25, -0.2) is 0 Å². The molecule has 1 aromatic carbocycles. The predicted molar refractivity (Wildman–Crippen MR) is 69.6 cm³/mol. The minimum absolute atomic E-state index is 0.421. The van der Waals surface area contributed by atoms with Crippen molar-refractivity contribution in [2.45, 2.75) is 25.7 Å². The van der Waals surface area contributed by atoms with Crippen molar-refractivity contribution in [2.24, 2.45) is 0 Å². The first-order valence-corrected chi connectivity index (χ1v) is 6.34. The number of methoxy groups -OCH3 is 1. The quantitative estimate of drug-likeness (QED) is 0.854. The Hall–Kier alpha value is -1.55. The van der Waals surface area contributed by atoms with E-state index in [1.165, 1.54) is 12.8 Å². The lowest BCUT2D eigenvalue weighted by atomic mass is 10.2. The van der Waals surface area contributed by atoms with Gasteiger partial charge in [0, 0.05) is 5.92 Å². The van der Waals surface area contributed by atoms with E-state index in [0.717, 1.165) is 22.8 Å². The van der Waals surface area contributed by atoms with Crippen LogP contribution in [-0.4, -0.2) is 21.9 Å². The molecule has 0 atom stereocenters. The zero-order valence-electron chi connectivity index (χ0n) is 10.4. The Kier molecular flexibility index (Phi) is 2.74. The molecule has 0 radical (unpaired) electrons. The van der Waals surface area contributed by atoms with Gasteiger partial charge in [-0.2, -0.15) is 0 Å². The van der Waals surface area contributed by atoms with Crippen LogP contribution >= 0.6 is 11.6 Å². The summed E-state index contributed by atoms with van der Waals surface area (Å²) in [4.78, 5) is 0. The summed E-state index contributed by atoms with van der Waals surface area (Å²) in [6.07, 6.45) is 2.34. The second kappa shape index (κ2) is 4.28. The van der Waals surface area contributed by atoms with E-state index in [4.69, 9.17) is 16.3 Å². The van der Waals surface area contributed by atoms with Gasteiger partial charge in [0.1, 0.15) is 11.6 Å². The van der Waals surface area contributed by atoms with E-state index in [0.29, 0.717) is 11.2 Å². The first-order chi connectivity index (χ1) is 8.70. The molecule has 0 amide bonds. The minimum Gasteiger partial charge on any atom is -0.497 e. The summed E-state index contributed by atoms with van der Waals surface area (Å²) in [5.41, 5.74) is 2.12. The molecule has 1 fully saturated rings. The van der Waals surface area contributed by atoms with Crippen molar-refractivity contribution in [2.75, 3.05) is 7.11 Å². The van der Waals surface area contributed by atoms with Gasteiger partial charge in [0.25, 0.3) is 0 Å². The van der Waals surface area contributed by atoms with Crippen molar-refractivity contribution in [1.82, 2.24) is 14.8 Å². The molecular weight excluding hydrogens is 250 g/mol. The Bertz CT molecular complexity index is 590. The van der Waals surface area contributed by atoms with Gasteiger partial charge in [-0.05, 0) is 55.1 Å². The molecule has 4 nitrogen and oxygen atoms in total. The van der Waals surface area contributed by atoms with Crippen LogP contribution in [0.5, 0.6) is 5.75 Å². The van der Waals surface area contributed by atoms with E-state index in [1.54, 1.807) is 7.11 Å². The fourth-order valence-corrected chi connectivity index (χ4v) is 2.33. The van der Waals surface area contributed by atoms with Gasteiger partial charge in [0.15, 0.2) is 0 Å². The molecule has 0 N–H and O–H groups in total. The molecular formula is C13H14ClN3O. The number of ether oxygens (including phenoxy) is 1. The summed E-state index contributed by atoms with van der Waals surface area (Å²) in [5, 5.41) is 8.59. The summed E-state index contributed by atoms with van der Waals surface area (Å²) in [6.45, 7) is 2.03. The number of hydrogen-bond acceptors (Lipinski definition) is 3. The van der Waals surface area contributed by atoms with Crippen molar-refractivity contribution in [3.8, 4) is 11.4 Å². The zero-order chi connectivity index (χ0) is 12.7. The van der Waals surface area contributed by atoms with Gasteiger partial charge in [-0.3, -0.25) is 4.57 Å². The third kappa shape index (κ3) is 1.86. The Balaban J connectivity index is 2.11. The molecule has 0 aliphatic heterocycles. The smallest absolute Gasteiger partial charge is 0.229 e. The molecule has 5 heteroatoms. The van der Waals surface area contributed by atoms with Crippen LogP contribution < -0.4 is 4.74 Å². The number of hydrogen-bond donors (Lipinski definition) is 0. The molecule has 1 heterocycles. The molecule has 0 unspecified atom stereocenters. The van der Waals surface area contributed by atoms with E-state index >= 15 is 0 Å². The van der Waals surface area contributed by atoms with Gasteiger partial charge in [0.05, 0.1) is 12.8 Å². The number of aromatic nitrogens is 3. The first-order valence-electron chi connectivity index (χ1n) is 5.96. The molecule has 1 saturated carbocycles. The third-order valence-corrected chi connectivity index (χ3v) is 3.48. The van der Waals surface area contributed by atoms with E-state index in [9.17, 15) is 0 Å². The maximum Gasteiger partial charge on any atom is 0.229 e. The normalized spacial score (nSPS) is 14.8. The standard InChI is InChI=1S/C13H14ClN3O/c1-8-7-10(18-2)5-6-11(8)17-12(9-3-4-9)15-16-13(17)14/h5-7,9H,3-4H2,1-2H3. The molecule has 1 aliphatic rings. The third-order valence-electron chi connectivity index (χ3n) is 3.24. The zero-order valence-corrected chi connectivity index (χ0v) is 11.1. The van der Waals surface area contributed by atoms with E-state index in [2.05, 4.69) is 10.2 Å². The molecule has 94 valence electrons. The Morgan fingerprint density at radius 3 is 2.72 bits per heavy atom. The van der Waals surface area contributed by atoms with E-state index < -0.39 is 0 Å². The monoisotopic (exact) mass is 263 g/mol. The summed E-state index contributed by atoms with van der Waals surface area (Å²) in [5.74, 6) is 2.31. The highest BCUT2D eigenvalue weighted by Gasteiger charge is 2.30. The van der Waals surface area contributed by atoms with E-state index in [1.807, 2.05) is 29.7 Å². The maximum atomic E-state index is 6.16. The summed E-state index contributed by atoms with van der Waals surface area (Å²) in [7, 11) is 1.66. The van der Waals surface area contributed by atoms with Crippen molar-refractivity contribution in [1.29, 1.82) is 0 Å². The van der Waals surface area contributed by atoms with Crippen LogP contribution in [0.4, 0.5) is 0 Å². The van der Waals surface area contributed by atoms with Gasteiger partial charge in [-0.15, -0.1) is 10.2 Å². The first kappa shape index (κ1) is 11.5. The van der Waals surface area contributed by atoms with Crippen molar-refractivity contribution in [3.63, 3.8) is 0 Å². The molecule has 1 aromatic heterocycles. The lowest BCUT2D eigenvalue weighted by Gasteiger charge is -2.11. The lowest BCUT2D eigenvalue weighted by Crippen LogP contribution is -2.02. The number of halogens is 1. The van der Waals surface area contributed by atoms with Crippen LogP contribution in [0.3, 0.4) is 0 Å². The van der Waals surface area contributed by atoms with Crippen LogP contribution in [0, 0.1) is 6.92 Å². The second-order valence-corrected chi connectivity index (χ2v) is 4.93. The molecule has 0 spiro atoms. The number of nitrogens with zero attached hydrogens (tertiary/aromatic N) is 3. The molecule has 0 bridgehead atoms. The highest BCUT2D eigenvalue weighted by atomic mass is 35.5. The highest BCUT2D eigenvalue weighted by molar-refractivity contribution is 6.28. The number of rotatable bonds is 3. The molecule has 0 saturated heterocycles. The van der Waals surface area contributed by atoms with E-state index in [-0.39, 0.29) is 0 Å². The van der Waals surface area contributed by atoms with Gasteiger partial charge in [-0.1, -0.05) is 0 Å². The Morgan fingerprint density at radius 2 is 2.11 bits per heavy atom. The molecule has 18 heavy (non-hydrogen) atoms. The molecule has 2 aromatic rings. The summed E-state index contributed by atoms with van der Waals surface area (Å²) < 4.78 is 7.15. The number of benzene rings is 1. The number of aryl methyl sites for hydroxylation is 1. The predicted octanol–water partition coefficient (Wildman–Crippen LogP) is 3.12. The van der Waals surface area contributed by atoms with Gasteiger partial charge >= 0.3 is 0 Å².